The van der Waals surface area contributed by atoms with E-state index in [0.717, 1.165) is 17.3 Å². The zero-order valence-corrected chi connectivity index (χ0v) is 13.7. The summed E-state index contributed by atoms with van der Waals surface area (Å²) in [4.78, 5) is 2.12. The quantitative estimate of drug-likeness (QED) is 0.859. The van der Waals surface area contributed by atoms with Crippen molar-refractivity contribution in [2.45, 2.75) is 25.7 Å². The summed E-state index contributed by atoms with van der Waals surface area (Å²) < 4.78 is 47.1. The van der Waals surface area contributed by atoms with E-state index in [-0.39, 0.29) is 5.56 Å². The van der Waals surface area contributed by atoms with Gasteiger partial charge in [-0.1, -0.05) is 18.2 Å². The Morgan fingerprint density at radius 1 is 1.29 bits per heavy atom. The van der Waals surface area contributed by atoms with Crippen LogP contribution >= 0.6 is 0 Å². The molecule has 1 aromatic heterocycles. The van der Waals surface area contributed by atoms with Crippen LogP contribution in [-0.2, 0) is 24.5 Å². The zero-order chi connectivity index (χ0) is 17.3. The highest BCUT2D eigenvalue weighted by Gasteiger charge is 2.36. The maximum atomic E-state index is 13.2. The van der Waals surface area contributed by atoms with Crippen LogP contribution < -0.4 is 0 Å². The molecule has 2 heterocycles. The molecule has 1 fully saturated rings. The van der Waals surface area contributed by atoms with Crippen molar-refractivity contribution in [3.63, 3.8) is 0 Å². The van der Waals surface area contributed by atoms with E-state index in [1.54, 1.807) is 10.7 Å². The average Bonchev–Trinajstić information content (AvgIpc) is 2.86. The number of aromatic nitrogens is 2. The second kappa shape index (κ2) is 6.57. The highest BCUT2D eigenvalue weighted by atomic mass is 19.4. The molecule has 0 N–H and O–H groups in total. The van der Waals surface area contributed by atoms with Crippen molar-refractivity contribution >= 4 is 0 Å². The lowest BCUT2D eigenvalue weighted by Crippen LogP contribution is -2.38. The number of alkyl halides is 3. The summed E-state index contributed by atoms with van der Waals surface area (Å²) in [5.41, 5.74) is 1.74. The monoisotopic (exact) mass is 339 g/mol. The molecule has 0 aliphatic carbocycles. The first-order valence-electron chi connectivity index (χ1n) is 7.84. The third kappa shape index (κ3) is 3.47. The van der Waals surface area contributed by atoms with Crippen LogP contribution in [0.2, 0.25) is 0 Å². The van der Waals surface area contributed by atoms with Crippen LogP contribution in [-0.4, -0.2) is 34.4 Å². The Balaban J connectivity index is 1.78. The smallest absolute Gasteiger partial charge is 0.371 e. The summed E-state index contributed by atoms with van der Waals surface area (Å²) in [5, 5.41) is 4.22. The van der Waals surface area contributed by atoms with Crippen LogP contribution in [0.4, 0.5) is 13.2 Å². The Morgan fingerprint density at radius 3 is 2.71 bits per heavy atom. The minimum atomic E-state index is -4.37. The number of hydrogen-bond acceptors (Lipinski definition) is 3. The van der Waals surface area contributed by atoms with Crippen molar-refractivity contribution in [1.82, 2.24) is 14.7 Å². The van der Waals surface area contributed by atoms with Crippen LogP contribution in [0.5, 0.6) is 0 Å². The topological polar surface area (TPSA) is 30.3 Å². The van der Waals surface area contributed by atoms with Gasteiger partial charge in [-0.15, -0.1) is 0 Å². The van der Waals surface area contributed by atoms with Crippen molar-refractivity contribution in [3.8, 4) is 0 Å². The van der Waals surface area contributed by atoms with Gasteiger partial charge in [0.2, 0.25) is 0 Å². The van der Waals surface area contributed by atoms with E-state index < -0.39 is 17.8 Å². The van der Waals surface area contributed by atoms with Gasteiger partial charge in [-0.2, -0.15) is 18.3 Å². The number of halogens is 3. The Bertz CT molecular complexity index is 711. The Kier molecular flexibility index (Phi) is 4.64. The van der Waals surface area contributed by atoms with Crippen molar-refractivity contribution in [1.29, 1.82) is 0 Å². The molecule has 130 valence electrons. The van der Waals surface area contributed by atoms with E-state index >= 15 is 0 Å². The standard InChI is InChI=1S/C17H20F3N3O/c1-12-13(9-21-22(12)2)10-23-7-8-24-16(11-23)14-5-3-4-6-15(14)17(18,19)20/h3-6,9,16H,7-8,10-11H2,1-2H3/t16-/m0/s1. The molecule has 1 atom stereocenters. The van der Waals surface area contributed by atoms with Crippen LogP contribution in [0.3, 0.4) is 0 Å². The molecule has 7 heteroatoms. The van der Waals surface area contributed by atoms with Crippen molar-refractivity contribution < 1.29 is 17.9 Å². The van der Waals surface area contributed by atoms with E-state index in [1.807, 2.05) is 20.2 Å². The van der Waals surface area contributed by atoms with Gasteiger partial charge >= 0.3 is 6.18 Å². The third-order valence-corrected chi connectivity index (χ3v) is 4.49. The molecule has 4 nitrogen and oxygen atoms in total. The first-order chi connectivity index (χ1) is 11.4. The summed E-state index contributed by atoms with van der Waals surface area (Å²) >= 11 is 0. The van der Waals surface area contributed by atoms with E-state index in [0.29, 0.717) is 26.2 Å². The highest BCUT2D eigenvalue weighted by molar-refractivity contribution is 5.32. The minimum Gasteiger partial charge on any atom is -0.371 e. The molecule has 0 bridgehead atoms. The lowest BCUT2D eigenvalue weighted by molar-refractivity contribution is -0.140. The SMILES string of the molecule is Cc1c(CN2CCO[C@H](c3ccccc3C(F)(F)F)C2)cnn1C. The lowest BCUT2D eigenvalue weighted by atomic mass is 10.0. The van der Waals surface area contributed by atoms with Gasteiger partial charge in [0, 0.05) is 37.9 Å². The fourth-order valence-electron chi connectivity index (χ4n) is 3.01. The summed E-state index contributed by atoms with van der Waals surface area (Å²) in [6.07, 6.45) is -3.14. The molecule has 1 saturated heterocycles. The summed E-state index contributed by atoms with van der Waals surface area (Å²) in [6.45, 7) is 4.18. The van der Waals surface area contributed by atoms with Crippen LogP contribution in [0.1, 0.15) is 28.5 Å². The van der Waals surface area contributed by atoms with Gasteiger partial charge in [-0.25, -0.2) is 0 Å². The van der Waals surface area contributed by atoms with Gasteiger partial charge < -0.3 is 4.74 Å². The second-order valence-electron chi connectivity index (χ2n) is 6.06. The first kappa shape index (κ1) is 17.0. The van der Waals surface area contributed by atoms with Crippen LogP contribution in [0, 0.1) is 6.92 Å². The number of morpholine rings is 1. The highest BCUT2D eigenvalue weighted by Crippen LogP contribution is 2.36. The fourth-order valence-corrected chi connectivity index (χ4v) is 3.01. The zero-order valence-electron chi connectivity index (χ0n) is 13.7. The van der Waals surface area contributed by atoms with Crippen molar-refractivity contribution in [3.05, 3.63) is 52.8 Å². The van der Waals surface area contributed by atoms with Gasteiger partial charge in [0.1, 0.15) is 0 Å². The number of hydrogen-bond donors (Lipinski definition) is 0. The molecule has 0 spiro atoms. The largest absolute Gasteiger partial charge is 0.416 e. The molecule has 0 saturated carbocycles. The predicted octanol–water partition coefficient (Wildman–Crippen LogP) is 3.32. The predicted molar refractivity (Wildman–Crippen MR) is 83.4 cm³/mol. The molecule has 2 aromatic rings. The Morgan fingerprint density at radius 2 is 2.04 bits per heavy atom. The number of ether oxygens (including phenoxy) is 1. The maximum Gasteiger partial charge on any atom is 0.416 e. The molecule has 0 radical (unpaired) electrons. The first-order valence-corrected chi connectivity index (χ1v) is 7.84. The normalized spacial score (nSPS) is 19.6. The van der Waals surface area contributed by atoms with Crippen molar-refractivity contribution in [2.75, 3.05) is 19.7 Å². The van der Waals surface area contributed by atoms with E-state index in [4.69, 9.17) is 4.74 Å². The summed E-state index contributed by atoms with van der Waals surface area (Å²) in [5.74, 6) is 0. The third-order valence-electron chi connectivity index (χ3n) is 4.49. The molecule has 24 heavy (non-hydrogen) atoms. The van der Waals surface area contributed by atoms with Crippen LogP contribution in [0.25, 0.3) is 0 Å². The lowest BCUT2D eigenvalue weighted by Gasteiger charge is -2.34. The molecule has 1 aliphatic rings. The molecule has 0 amide bonds. The van der Waals surface area contributed by atoms with E-state index in [1.165, 1.54) is 12.1 Å². The van der Waals surface area contributed by atoms with Gasteiger partial charge in [0.15, 0.2) is 0 Å². The fraction of sp³-hybridized carbons (Fsp3) is 0.471. The molecule has 0 unspecified atom stereocenters. The Hall–Kier alpha value is -1.86. The molecular formula is C17H20F3N3O. The second-order valence-corrected chi connectivity index (χ2v) is 6.06. The summed E-state index contributed by atoms with van der Waals surface area (Å²) in [7, 11) is 1.88. The van der Waals surface area contributed by atoms with Gasteiger partial charge in [-0.05, 0) is 18.6 Å². The number of nitrogens with zero attached hydrogens (tertiary/aromatic N) is 3. The van der Waals surface area contributed by atoms with Gasteiger partial charge in [0.25, 0.3) is 0 Å². The minimum absolute atomic E-state index is 0.206. The van der Waals surface area contributed by atoms with E-state index in [2.05, 4.69) is 10.00 Å². The molecule has 1 aliphatic heterocycles. The van der Waals surface area contributed by atoms with Crippen LogP contribution in [0.15, 0.2) is 30.5 Å². The maximum absolute atomic E-state index is 13.2. The number of benzene rings is 1. The number of rotatable bonds is 3. The number of aryl methyl sites for hydroxylation is 1. The molecule has 1 aromatic carbocycles. The molecule has 3 rings (SSSR count). The van der Waals surface area contributed by atoms with Gasteiger partial charge in [0.05, 0.1) is 24.5 Å². The van der Waals surface area contributed by atoms with E-state index in [9.17, 15) is 13.2 Å². The van der Waals surface area contributed by atoms with Gasteiger partial charge in [-0.3, -0.25) is 9.58 Å². The average molecular weight is 339 g/mol. The Labute approximate surface area is 138 Å². The summed E-state index contributed by atoms with van der Waals surface area (Å²) in [6, 6.07) is 5.65. The van der Waals surface area contributed by atoms with Crippen molar-refractivity contribution in [2.24, 2.45) is 7.05 Å². The molecular weight excluding hydrogens is 319 g/mol.